The van der Waals surface area contributed by atoms with Gasteiger partial charge in [-0.25, -0.2) is 0 Å². The summed E-state index contributed by atoms with van der Waals surface area (Å²) >= 11 is 0. The van der Waals surface area contributed by atoms with Crippen LogP contribution in [0.2, 0.25) is 0 Å². The van der Waals surface area contributed by atoms with Crippen LogP contribution >= 0.6 is 0 Å². The molecule has 6 aromatic carbocycles. The highest BCUT2D eigenvalue weighted by Gasteiger charge is 2.60. The number of fused-ring (bicyclic) bond motifs is 10. The largest absolute Gasteiger partial charge is 0.455 e. The Labute approximate surface area is 286 Å². The van der Waals surface area contributed by atoms with Crippen LogP contribution in [0, 0.1) is 0 Å². The van der Waals surface area contributed by atoms with Gasteiger partial charge < -0.3 is 23.3 Å². The zero-order valence-corrected chi connectivity index (χ0v) is 27.8. The summed E-state index contributed by atoms with van der Waals surface area (Å²) < 4.78 is 25.9. The van der Waals surface area contributed by atoms with Gasteiger partial charge in [-0.1, -0.05) is 84.9 Å². The average Bonchev–Trinajstić information content (AvgIpc) is 3.34. The van der Waals surface area contributed by atoms with Gasteiger partial charge in [-0.05, 0) is 91.5 Å². The van der Waals surface area contributed by atoms with Crippen molar-refractivity contribution in [2.45, 2.75) is 6.92 Å². The van der Waals surface area contributed by atoms with E-state index in [0.29, 0.717) is 0 Å². The van der Waals surface area contributed by atoms with Gasteiger partial charge in [-0.15, -0.1) is 0 Å². The van der Waals surface area contributed by atoms with Gasteiger partial charge in [-0.3, -0.25) is 4.99 Å². The lowest BCUT2D eigenvalue weighted by molar-refractivity contribution is 0.482. The van der Waals surface area contributed by atoms with Gasteiger partial charge in [0.25, 0.3) is 0 Å². The minimum Gasteiger partial charge on any atom is -0.455 e. The molecule has 236 valence electrons. The van der Waals surface area contributed by atoms with E-state index in [4.69, 9.17) is 14.2 Å². The van der Waals surface area contributed by atoms with Crippen LogP contribution < -0.4 is 33.7 Å². The van der Waals surface area contributed by atoms with Crippen LogP contribution in [0.4, 0.5) is 22.7 Å². The van der Waals surface area contributed by atoms with Crippen molar-refractivity contribution in [1.29, 1.82) is 0 Å². The summed E-state index contributed by atoms with van der Waals surface area (Å²) in [5, 5.41) is 2.17. The Morgan fingerprint density at radius 1 is 0.551 bits per heavy atom. The first-order valence-corrected chi connectivity index (χ1v) is 18.1. The topological polar surface area (TPSA) is 46.5 Å². The number of nitrogens with zero attached hydrogens (tertiary/aromatic N) is 3. The summed E-state index contributed by atoms with van der Waals surface area (Å²) in [6.07, 6.45) is 5.65. The zero-order chi connectivity index (χ0) is 33.0. The van der Waals surface area contributed by atoms with E-state index < -0.39 is 8.40 Å². The Hall–Kier alpha value is -6.31. The molecule has 49 heavy (non-hydrogen) atoms. The SMILES string of the molecule is C=N/C=C\C=C(/C)c1ccc2c(c1)N1c3ccccc3Oc3ccccc3[Si]13c1ccccc1Oc1ccccc1N3c1ccccc1O2. The molecule has 0 saturated heterocycles. The molecule has 9 rings (SSSR count). The minimum absolute atomic E-state index is 0.740. The van der Waals surface area contributed by atoms with Gasteiger partial charge >= 0.3 is 8.40 Å². The maximum absolute atomic E-state index is 7.00. The number of benzene rings is 6. The van der Waals surface area contributed by atoms with E-state index in [2.05, 4.69) is 131 Å². The van der Waals surface area contributed by atoms with Crippen molar-refractivity contribution < 1.29 is 14.2 Å². The highest BCUT2D eigenvalue weighted by Crippen LogP contribution is 2.56. The summed E-state index contributed by atoms with van der Waals surface area (Å²) in [7, 11) is -3.55. The predicted molar refractivity (Wildman–Crippen MR) is 201 cm³/mol. The van der Waals surface area contributed by atoms with Crippen LogP contribution in [-0.4, -0.2) is 15.1 Å². The van der Waals surface area contributed by atoms with Crippen molar-refractivity contribution >= 4 is 53.8 Å². The summed E-state index contributed by atoms with van der Waals surface area (Å²) in [5.41, 5.74) is 5.86. The van der Waals surface area contributed by atoms with E-state index in [0.717, 1.165) is 78.8 Å². The smallest absolute Gasteiger partial charge is 0.348 e. The van der Waals surface area contributed by atoms with E-state index >= 15 is 0 Å². The fourth-order valence-corrected chi connectivity index (χ4v) is 12.5. The molecule has 1 unspecified atom stereocenters. The molecule has 0 bridgehead atoms. The minimum atomic E-state index is -3.55. The molecule has 6 nitrogen and oxygen atoms in total. The van der Waals surface area contributed by atoms with Crippen LogP contribution in [0.3, 0.4) is 0 Å². The lowest BCUT2D eigenvalue weighted by Crippen LogP contribution is -2.78. The Kier molecular flexibility index (Phi) is 6.74. The molecular weight excluding hydrogens is 623 g/mol. The average molecular weight is 654 g/mol. The van der Waals surface area contributed by atoms with Crippen molar-refractivity contribution in [3.63, 3.8) is 0 Å². The van der Waals surface area contributed by atoms with E-state index in [9.17, 15) is 0 Å². The maximum Gasteiger partial charge on any atom is 0.348 e. The number of ether oxygens (including phenoxy) is 3. The number of rotatable bonds is 3. The van der Waals surface area contributed by atoms with Crippen LogP contribution in [0.5, 0.6) is 34.5 Å². The molecular formula is C42H31N3O3Si. The molecule has 0 aliphatic carbocycles. The molecule has 1 atom stereocenters. The highest BCUT2D eigenvalue weighted by atomic mass is 28.3. The molecule has 7 heteroatoms. The third-order valence-corrected chi connectivity index (χ3v) is 13.9. The standard InChI is InChI=1S/C42H31N3O3Si/c1-29(14-13-27-43-2)30-25-26-38-34(28-30)45-33-17-5-8-20-37(33)48-40-22-10-12-24-42(40)49(45)41-23-11-9-21-39(41)47-36-19-7-4-16-32(36)44(49)31-15-3-6-18-35(31)46-38/h3-28H,2H2,1H3/b27-13-,29-14+. The van der Waals surface area contributed by atoms with Crippen molar-refractivity contribution in [3.8, 4) is 34.5 Å². The molecule has 3 aliphatic rings. The van der Waals surface area contributed by atoms with Crippen LogP contribution in [0.1, 0.15) is 12.5 Å². The van der Waals surface area contributed by atoms with Crippen molar-refractivity contribution in [1.82, 2.24) is 0 Å². The van der Waals surface area contributed by atoms with Crippen LogP contribution in [-0.2, 0) is 0 Å². The molecule has 0 radical (unpaired) electrons. The number of hydrogen-bond acceptors (Lipinski definition) is 6. The molecule has 0 amide bonds. The van der Waals surface area contributed by atoms with Crippen molar-refractivity contribution in [2.75, 3.05) is 9.13 Å². The van der Waals surface area contributed by atoms with Gasteiger partial charge in [0.05, 0.1) is 22.7 Å². The van der Waals surface area contributed by atoms with Crippen molar-refractivity contribution in [3.05, 3.63) is 163 Å². The second-order valence-corrected chi connectivity index (χ2v) is 15.4. The first kappa shape index (κ1) is 28.9. The third-order valence-electron chi connectivity index (χ3n) is 9.34. The molecule has 0 saturated carbocycles. The Bertz CT molecular complexity index is 2310. The molecule has 6 aromatic rings. The van der Waals surface area contributed by atoms with E-state index in [1.165, 1.54) is 0 Å². The second kappa shape index (κ2) is 11.4. The van der Waals surface area contributed by atoms with Gasteiger partial charge in [0, 0.05) is 16.6 Å². The highest BCUT2D eigenvalue weighted by molar-refractivity contribution is 7.10. The Morgan fingerprint density at radius 2 is 0.980 bits per heavy atom. The van der Waals surface area contributed by atoms with Crippen LogP contribution in [0.25, 0.3) is 5.57 Å². The fourth-order valence-electron chi connectivity index (χ4n) is 7.28. The quantitative estimate of drug-likeness (QED) is 0.108. The van der Waals surface area contributed by atoms with Crippen LogP contribution in [0.15, 0.2) is 163 Å². The summed E-state index contributed by atoms with van der Waals surface area (Å²) in [5.74, 6) is 4.62. The summed E-state index contributed by atoms with van der Waals surface area (Å²) in [6.45, 7) is 5.69. The molecule has 3 heterocycles. The lowest BCUT2D eigenvalue weighted by atomic mass is 10.1. The number of anilines is 4. The molecule has 0 aromatic heterocycles. The van der Waals surface area contributed by atoms with Gasteiger partial charge in [0.2, 0.25) is 0 Å². The van der Waals surface area contributed by atoms with E-state index in [1.807, 2.05) is 48.5 Å². The van der Waals surface area contributed by atoms with E-state index in [-0.39, 0.29) is 0 Å². The number of aliphatic imine (C=N–C) groups is 1. The maximum atomic E-state index is 7.00. The second-order valence-electron chi connectivity index (χ2n) is 12.1. The van der Waals surface area contributed by atoms with Crippen molar-refractivity contribution in [2.24, 2.45) is 4.99 Å². The number of para-hydroxylation sites is 8. The Balaban J connectivity index is 1.52. The number of hydrogen-bond donors (Lipinski definition) is 0. The Morgan fingerprint density at radius 3 is 1.51 bits per heavy atom. The first-order chi connectivity index (χ1) is 24.2. The number of allylic oxidation sites excluding steroid dienone is 3. The molecule has 0 N–H and O–H groups in total. The molecule has 0 fully saturated rings. The normalized spacial score (nSPS) is 16.9. The summed E-state index contributed by atoms with van der Waals surface area (Å²) in [4.78, 5) is 3.89. The van der Waals surface area contributed by atoms with Gasteiger partial charge in [-0.2, -0.15) is 0 Å². The monoisotopic (exact) mass is 653 g/mol. The third kappa shape index (κ3) is 4.36. The van der Waals surface area contributed by atoms with Gasteiger partial charge in [0.15, 0.2) is 5.75 Å². The summed E-state index contributed by atoms with van der Waals surface area (Å²) in [6, 6.07) is 48.3. The lowest BCUT2D eigenvalue weighted by Gasteiger charge is -2.51. The van der Waals surface area contributed by atoms with E-state index in [1.54, 1.807) is 6.20 Å². The predicted octanol–water partition coefficient (Wildman–Crippen LogP) is 9.85. The first-order valence-electron chi connectivity index (χ1n) is 16.2. The molecule has 1 spiro atoms. The molecule has 3 aliphatic heterocycles. The zero-order valence-electron chi connectivity index (χ0n) is 26.8. The van der Waals surface area contributed by atoms with Gasteiger partial charge in [0.1, 0.15) is 28.7 Å². The fraction of sp³-hybridized carbons (Fsp3) is 0.0238.